The molecule has 0 unspecified atom stereocenters. The van der Waals surface area contributed by atoms with Crippen molar-refractivity contribution in [3.8, 4) is 0 Å². The molecule has 0 atom stereocenters. The van der Waals surface area contributed by atoms with Crippen LogP contribution in [0, 0.1) is 5.92 Å². The maximum absolute atomic E-state index is 12.2. The lowest BCUT2D eigenvalue weighted by molar-refractivity contribution is -0.117. The Kier molecular flexibility index (Phi) is 6.57. The first-order valence-electron chi connectivity index (χ1n) is 9.35. The molecule has 0 aliphatic carbocycles. The van der Waals surface area contributed by atoms with Gasteiger partial charge in [-0.15, -0.1) is 0 Å². The van der Waals surface area contributed by atoms with Gasteiger partial charge in [-0.25, -0.2) is 4.98 Å². The monoisotopic (exact) mass is 374 g/mol. The van der Waals surface area contributed by atoms with Crippen LogP contribution in [-0.4, -0.2) is 29.9 Å². The molecule has 1 aliphatic heterocycles. The zero-order valence-electron chi connectivity index (χ0n) is 15.1. The van der Waals surface area contributed by atoms with Crippen molar-refractivity contribution in [1.29, 1.82) is 0 Å². The molecule has 2 amide bonds. The molecule has 0 spiro atoms. The van der Waals surface area contributed by atoms with Gasteiger partial charge in [0, 0.05) is 18.5 Å². The summed E-state index contributed by atoms with van der Waals surface area (Å²) >= 11 is 1.43. The topological polar surface area (TPSA) is 83.1 Å². The Morgan fingerprint density at radius 2 is 1.96 bits per heavy atom. The molecule has 3 N–H and O–H groups in total. The number of carbonyl (C=O) groups excluding carboxylic acids is 2. The van der Waals surface area contributed by atoms with Crippen molar-refractivity contribution in [2.75, 3.05) is 23.7 Å². The number of hydrogen-bond acceptors (Lipinski definition) is 5. The number of fused-ring (bicyclic) bond motifs is 1. The molecule has 140 valence electrons. The fraction of sp³-hybridized carbons (Fsp3) is 0.526. The van der Waals surface area contributed by atoms with Gasteiger partial charge in [-0.2, -0.15) is 0 Å². The highest BCUT2D eigenvalue weighted by molar-refractivity contribution is 7.22. The van der Waals surface area contributed by atoms with E-state index < -0.39 is 0 Å². The van der Waals surface area contributed by atoms with E-state index in [-0.39, 0.29) is 11.8 Å². The summed E-state index contributed by atoms with van der Waals surface area (Å²) in [6.45, 7) is 4.09. The van der Waals surface area contributed by atoms with Crippen LogP contribution in [-0.2, 0) is 9.59 Å². The number of benzene rings is 1. The first kappa shape index (κ1) is 18.8. The van der Waals surface area contributed by atoms with Gasteiger partial charge in [0.2, 0.25) is 11.8 Å². The Balaban J connectivity index is 1.56. The molecule has 1 aliphatic rings. The number of rotatable bonds is 7. The second-order valence-electron chi connectivity index (χ2n) is 6.78. The van der Waals surface area contributed by atoms with Crippen molar-refractivity contribution in [2.24, 2.45) is 5.92 Å². The first-order valence-corrected chi connectivity index (χ1v) is 10.2. The lowest BCUT2D eigenvalue weighted by Crippen LogP contribution is -2.28. The van der Waals surface area contributed by atoms with E-state index in [1.807, 2.05) is 25.1 Å². The quantitative estimate of drug-likeness (QED) is 0.689. The number of anilines is 2. The SMILES string of the molecule is CCCC(=O)Nc1nc2ccc(NC(=O)CCC3CCNCC3)cc2s1. The molecule has 2 aromatic rings. The predicted molar refractivity (Wildman–Crippen MR) is 107 cm³/mol. The Morgan fingerprint density at radius 1 is 1.19 bits per heavy atom. The molecule has 1 aromatic heterocycles. The molecule has 6 nitrogen and oxygen atoms in total. The maximum Gasteiger partial charge on any atom is 0.226 e. The van der Waals surface area contributed by atoms with Crippen LogP contribution in [0.3, 0.4) is 0 Å². The first-order chi connectivity index (χ1) is 12.6. The standard InChI is InChI=1S/C19H26N4O2S/c1-2-3-17(24)23-19-22-15-6-5-14(12-16(15)26-19)21-18(25)7-4-13-8-10-20-11-9-13/h5-6,12-13,20H,2-4,7-11H2,1H3,(H,21,25)(H,22,23,24). The molecule has 2 heterocycles. The fourth-order valence-corrected chi connectivity index (χ4v) is 4.12. The Morgan fingerprint density at radius 3 is 2.73 bits per heavy atom. The second kappa shape index (κ2) is 9.09. The van der Waals surface area contributed by atoms with E-state index in [0.29, 0.717) is 23.9 Å². The normalized spacial score (nSPS) is 15.1. The third-order valence-corrected chi connectivity index (χ3v) is 5.57. The highest BCUT2D eigenvalue weighted by Gasteiger charge is 2.15. The minimum atomic E-state index is -0.0157. The molecule has 7 heteroatoms. The highest BCUT2D eigenvalue weighted by Crippen LogP contribution is 2.28. The molecule has 0 bridgehead atoms. The van der Waals surface area contributed by atoms with Crippen LogP contribution < -0.4 is 16.0 Å². The summed E-state index contributed by atoms with van der Waals surface area (Å²) in [4.78, 5) is 28.3. The molecule has 26 heavy (non-hydrogen) atoms. The third-order valence-electron chi connectivity index (χ3n) is 4.63. The Bertz CT molecular complexity index is 768. The smallest absolute Gasteiger partial charge is 0.226 e. The van der Waals surface area contributed by atoms with Crippen LogP contribution in [0.4, 0.5) is 10.8 Å². The molecular formula is C19H26N4O2S. The van der Waals surface area contributed by atoms with Crippen LogP contribution in [0.2, 0.25) is 0 Å². The number of thiazole rings is 1. The maximum atomic E-state index is 12.2. The van der Waals surface area contributed by atoms with Crippen molar-refractivity contribution in [3.63, 3.8) is 0 Å². The van der Waals surface area contributed by atoms with Gasteiger partial charge in [0.05, 0.1) is 10.2 Å². The van der Waals surface area contributed by atoms with E-state index in [2.05, 4.69) is 20.9 Å². The summed E-state index contributed by atoms with van der Waals surface area (Å²) in [6, 6.07) is 5.66. The number of aromatic nitrogens is 1. The summed E-state index contributed by atoms with van der Waals surface area (Å²) in [5, 5.41) is 9.76. The average molecular weight is 375 g/mol. The number of piperidine rings is 1. The van der Waals surface area contributed by atoms with Gasteiger partial charge in [0.1, 0.15) is 0 Å². The van der Waals surface area contributed by atoms with Crippen molar-refractivity contribution in [2.45, 2.75) is 45.4 Å². The lowest BCUT2D eigenvalue weighted by Gasteiger charge is -2.22. The number of hydrogen-bond donors (Lipinski definition) is 3. The summed E-state index contributed by atoms with van der Waals surface area (Å²) < 4.78 is 0.952. The van der Waals surface area contributed by atoms with Gasteiger partial charge in [-0.05, 0) is 62.9 Å². The van der Waals surface area contributed by atoms with Gasteiger partial charge in [-0.1, -0.05) is 18.3 Å². The largest absolute Gasteiger partial charge is 0.326 e. The van der Waals surface area contributed by atoms with E-state index in [1.54, 1.807) is 0 Å². The van der Waals surface area contributed by atoms with E-state index in [1.165, 1.54) is 11.3 Å². The Hall–Kier alpha value is -1.99. The van der Waals surface area contributed by atoms with Gasteiger partial charge < -0.3 is 16.0 Å². The van der Waals surface area contributed by atoms with Gasteiger partial charge >= 0.3 is 0 Å². The molecule has 3 rings (SSSR count). The zero-order valence-corrected chi connectivity index (χ0v) is 16.0. The van der Waals surface area contributed by atoms with Crippen molar-refractivity contribution in [3.05, 3.63) is 18.2 Å². The van der Waals surface area contributed by atoms with E-state index >= 15 is 0 Å². The number of nitrogens with one attached hydrogen (secondary N) is 3. The van der Waals surface area contributed by atoms with Crippen molar-refractivity contribution in [1.82, 2.24) is 10.3 Å². The van der Waals surface area contributed by atoms with Crippen LogP contribution >= 0.6 is 11.3 Å². The minimum Gasteiger partial charge on any atom is -0.326 e. The van der Waals surface area contributed by atoms with Gasteiger partial charge in [0.25, 0.3) is 0 Å². The zero-order chi connectivity index (χ0) is 18.4. The Labute approximate surface area is 157 Å². The number of amides is 2. The highest BCUT2D eigenvalue weighted by atomic mass is 32.1. The van der Waals surface area contributed by atoms with Crippen LogP contribution in [0.5, 0.6) is 0 Å². The molecule has 0 radical (unpaired) electrons. The molecule has 1 aromatic carbocycles. The van der Waals surface area contributed by atoms with Crippen molar-refractivity contribution < 1.29 is 9.59 Å². The number of nitrogens with zero attached hydrogens (tertiary/aromatic N) is 1. The average Bonchev–Trinajstić information content (AvgIpc) is 3.02. The lowest BCUT2D eigenvalue weighted by atomic mass is 9.93. The fourth-order valence-electron chi connectivity index (χ4n) is 3.19. The van der Waals surface area contributed by atoms with E-state index in [9.17, 15) is 9.59 Å². The number of carbonyl (C=O) groups is 2. The molecule has 1 fully saturated rings. The van der Waals surface area contributed by atoms with Crippen LogP contribution in [0.1, 0.15) is 45.4 Å². The summed E-state index contributed by atoms with van der Waals surface area (Å²) in [5.74, 6) is 0.696. The van der Waals surface area contributed by atoms with Crippen molar-refractivity contribution >= 4 is 44.2 Å². The summed E-state index contributed by atoms with van der Waals surface area (Å²) in [6.07, 6.45) is 5.13. The molecule has 1 saturated heterocycles. The minimum absolute atomic E-state index is 0.0157. The van der Waals surface area contributed by atoms with Crippen LogP contribution in [0.15, 0.2) is 18.2 Å². The summed E-state index contributed by atoms with van der Waals surface area (Å²) in [7, 11) is 0. The van der Waals surface area contributed by atoms with Gasteiger partial charge in [0.15, 0.2) is 5.13 Å². The molecule has 0 saturated carbocycles. The predicted octanol–water partition coefficient (Wildman–Crippen LogP) is 3.75. The third kappa shape index (κ3) is 5.25. The van der Waals surface area contributed by atoms with E-state index in [4.69, 9.17) is 0 Å². The second-order valence-corrected chi connectivity index (χ2v) is 7.81. The van der Waals surface area contributed by atoms with Crippen LogP contribution in [0.25, 0.3) is 10.2 Å². The van der Waals surface area contributed by atoms with Gasteiger partial charge in [-0.3, -0.25) is 9.59 Å². The summed E-state index contributed by atoms with van der Waals surface area (Å²) in [5.41, 5.74) is 1.61. The molecular weight excluding hydrogens is 348 g/mol. The van der Waals surface area contributed by atoms with E-state index in [0.717, 1.165) is 54.7 Å².